The summed E-state index contributed by atoms with van der Waals surface area (Å²) >= 11 is 0. The Bertz CT molecular complexity index is 178. The first kappa shape index (κ1) is 8.65. The molecule has 0 aromatic heterocycles. The van der Waals surface area contributed by atoms with Crippen LogP contribution in [0.5, 0.6) is 0 Å². The first-order valence-corrected chi connectivity index (χ1v) is 4.34. The third-order valence-electron chi connectivity index (χ3n) is 0.811. The molecule has 0 saturated carbocycles. The van der Waals surface area contributed by atoms with Crippen molar-refractivity contribution in [3.05, 3.63) is 11.5 Å². The molecule has 3 nitrogen and oxygen atoms in total. The Labute approximate surface area is 54.9 Å². The average molecular weight is 150 g/mol. The maximum Gasteiger partial charge on any atom is 0.171 e. The van der Waals surface area contributed by atoms with Crippen LogP contribution in [-0.2, 0) is 9.84 Å². The Morgan fingerprint density at radius 3 is 2.44 bits per heavy atom. The molecule has 0 unspecified atom stereocenters. The molecule has 0 spiro atoms. The van der Waals surface area contributed by atoms with E-state index in [2.05, 4.69) is 0 Å². The van der Waals surface area contributed by atoms with Crippen LogP contribution in [0.15, 0.2) is 11.5 Å². The molecule has 0 aromatic carbocycles. The topological polar surface area (TPSA) is 54.4 Å². The molecule has 0 saturated heterocycles. The van der Waals surface area contributed by atoms with Gasteiger partial charge in [-0.25, -0.2) is 8.42 Å². The van der Waals surface area contributed by atoms with Gasteiger partial charge in [-0.3, -0.25) is 0 Å². The van der Waals surface area contributed by atoms with Gasteiger partial charge in [-0.1, -0.05) is 6.92 Å². The van der Waals surface area contributed by atoms with Gasteiger partial charge in [-0.2, -0.15) is 0 Å². The SMILES string of the molecule is CCS(=O)(=O)C=CCO. The Kier molecular flexibility index (Phi) is 3.49. The van der Waals surface area contributed by atoms with Gasteiger partial charge < -0.3 is 5.11 Å². The number of aliphatic hydroxyl groups is 1. The maximum absolute atomic E-state index is 10.6. The Balaban J connectivity index is 4.04. The molecule has 4 heteroatoms. The molecule has 0 bridgehead atoms. The van der Waals surface area contributed by atoms with Gasteiger partial charge >= 0.3 is 0 Å². The van der Waals surface area contributed by atoms with Crippen molar-refractivity contribution in [1.82, 2.24) is 0 Å². The van der Waals surface area contributed by atoms with Crippen LogP contribution in [0, 0.1) is 0 Å². The number of hydrogen-bond donors (Lipinski definition) is 1. The lowest BCUT2D eigenvalue weighted by Gasteiger charge is -1.87. The molecule has 0 aliphatic rings. The van der Waals surface area contributed by atoms with E-state index in [9.17, 15) is 8.42 Å². The van der Waals surface area contributed by atoms with Gasteiger partial charge in [-0.15, -0.1) is 0 Å². The molecular weight excluding hydrogens is 140 g/mol. The third kappa shape index (κ3) is 4.17. The molecule has 0 aromatic rings. The fourth-order valence-electron chi connectivity index (χ4n) is 0.286. The zero-order valence-electron chi connectivity index (χ0n) is 5.24. The van der Waals surface area contributed by atoms with Crippen LogP contribution in [0.3, 0.4) is 0 Å². The molecule has 0 heterocycles. The van der Waals surface area contributed by atoms with Crippen molar-refractivity contribution in [1.29, 1.82) is 0 Å². The number of aliphatic hydroxyl groups excluding tert-OH is 1. The van der Waals surface area contributed by atoms with Crippen molar-refractivity contribution in [3.63, 3.8) is 0 Å². The number of sulfone groups is 1. The van der Waals surface area contributed by atoms with Gasteiger partial charge in [0, 0.05) is 5.41 Å². The second kappa shape index (κ2) is 3.63. The van der Waals surface area contributed by atoms with Crippen molar-refractivity contribution < 1.29 is 13.5 Å². The molecule has 0 rings (SSSR count). The van der Waals surface area contributed by atoms with Crippen molar-refractivity contribution in [2.24, 2.45) is 0 Å². The molecule has 0 amide bonds. The summed E-state index contributed by atoms with van der Waals surface area (Å²) in [6.07, 6.45) is 1.21. The standard InChI is InChI=1S/C5H10O3S/c1-2-9(7,8)5-3-4-6/h3,5-6H,2,4H2,1H3. The maximum atomic E-state index is 10.6. The zero-order chi connectivity index (χ0) is 7.33. The average Bonchev–Trinajstić information content (AvgIpc) is 1.84. The predicted molar refractivity (Wildman–Crippen MR) is 35.7 cm³/mol. The molecule has 0 radical (unpaired) electrons. The normalized spacial score (nSPS) is 12.7. The first-order valence-electron chi connectivity index (χ1n) is 2.62. The minimum Gasteiger partial charge on any atom is -0.392 e. The predicted octanol–water partition coefficient (Wildman–Crippen LogP) is -0.0729. The van der Waals surface area contributed by atoms with E-state index in [-0.39, 0.29) is 12.4 Å². The van der Waals surface area contributed by atoms with E-state index in [1.165, 1.54) is 6.08 Å². The van der Waals surface area contributed by atoms with Gasteiger partial charge in [0.05, 0.1) is 12.4 Å². The Morgan fingerprint density at radius 2 is 2.11 bits per heavy atom. The number of rotatable bonds is 3. The van der Waals surface area contributed by atoms with Crippen molar-refractivity contribution in [2.45, 2.75) is 6.92 Å². The van der Waals surface area contributed by atoms with E-state index in [1.54, 1.807) is 6.92 Å². The highest BCUT2D eigenvalue weighted by Crippen LogP contribution is 1.89. The van der Waals surface area contributed by atoms with E-state index in [0.29, 0.717) is 0 Å². The summed E-state index contributed by atoms with van der Waals surface area (Å²) in [5.41, 5.74) is 0. The van der Waals surface area contributed by atoms with Crippen LogP contribution in [0.25, 0.3) is 0 Å². The Hall–Kier alpha value is -0.350. The van der Waals surface area contributed by atoms with Gasteiger partial charge in [0.15, 0.2) is 9.84 Å². The van der Waals surface area contributed by atoms with Crippen molar-refractivity contribution in [3.8, 4) is 0 Å². The minimum atomic E-state index is -3.02. The lowest BCUT2D eigenvalue weighted by atomic mass is 10.7. The van der Waals surface area contributed by atoms with Crippen molar-refractivity contribution >= 4 is 9.84 Å². The zero-order valence-corrected chi connectivity index (χ0v) is 6.06. The third-order valence-corrected chi connectivity index (χ3v) is 2.22. The quantitative estimate of drug-likeness (QED) is 0.612. The van der Waals surface area contributed by atoms with E-state index < -0.39 is 9.84 Å². The summed E-state index contributed by atoms with van der Waals surface area (Å²) in [7, 11) is -3.02. The Morgan fingerprint density at radius 1 is 1.56 bits per heavy atom. The summed E-state index contributed by atoms with van der Waals surface area (Å²) in [5, 5.41) is 9.19. The largest absolute Gasteiger partial charge is 0.392 e. The highest BCUT2D eigenvalue weighted by molar-refractivity contribution is 7.94. The molecule has 1 N–H and O–H groups in total. The molecular formula is C5H10O3S. The second-order valence-electron chi connectivity index (χ2n) is 1.51. The fraction of sp³-hybridized carbons (Fsp3) is 0.600. The van der Waals surface area contributed by atoms with Gasteiger partial charge in [-0.05, 0) is 6.08 Å². The molecule has 0 aliphatic carbocycles. The van der Waals surface area contributed by atoms with Crippen LogP contribution in [0.2, 0.25) is 0 Å². The molecule has 54 valence electrons. The molecule has 0 fully saturated rings. The van der Waals surface area contributed by atoms with Crippen LogP contribution in [0.4, 0.5) is 0 Å². The van der Waals surface area contributed by atoms with Gasteiger partial charge in [0.2, 0.25) is 0 Å². The fourth-order valence-corrected chi connectivity index (χ4v) is 0.858. The molecule has 0 aliphatic heterocycles. The van der Waals surface area contributed by atoms with E-state index in [0.717, 1.165) is 5.41 Å². The second-order valence-corrected chi connectivity index (χ2v) is 3.68. The monoisotopic (exact) mass is 150 g/mol. The first-order chi connectivity index (χ1) is 4.12. The summed E-state index contributed by atoms with van der Waals surface area (Å²) in [6, 6.07) is 0. The summed E-state index contributed by atoms with van der Waals surface area (Å²) in [4.78, 5) is 0. The highest BCUT2D eigenvalue weighted by Gasteiger charge is 1.97. The summed E-state index contributed by atoms with van der Waals surface area (Å²) in [5.74, 6) is 0.0868. The van der Waals surface area contributed by atoms with Gasteiger partial charge in [0.1, 0.15) is 0 Å². The van der Waals surface area contributed by atoms with Crippen LogP contribution in [-0.4, -0.2) is 25.9 Å². The van der Waals surface area contributed by atoms with Crippen molar-refractivity contribution in [2.75, 3.05) is 12.4 Å². The van der Waals surface area contributed by atoms with Crippen LogP contribution < -0.4 is 0 Å². The highest BCUT2D eigenvalue weighted by atomic mass is 32.2. The summed E-state index contributed by atoms with van der Waals surface area (Å²) < 4.78 is 21.1. The smallest absolute Gasteiger partial charge is 0.171 e. The lowest BCUT2D eigenvalue weighted by Crippen LogP contribution is -1.97. The molecule has 9 heavy (non-hydrogen) atoms. The summed E-state index contributed by atoms with van der Waals surface area (Å²) in [6.45, 7) is 1.33. The van der Waals surface area contributed by atoms with E-state index in [4.69, 9.17) is 5.11 Å². The number of hydrogen-bond acceptors (Lipinski definition) is 3. The van der Waals surface area contributed by atoms with E-state index in [1.807, 2.05) is 0 Å². The molecule has 0 atom stereocenters. The minimum absolute atomic E-state index is 0.0868. The van der Waals surface area contributed by atoms with Gasteiger partial charge in [0.25, 0.3) is 0 Å². The van der Waals surface area contributed by atoms with Crippen LogP contribution >= 0.6 is 0 Å². The van der Waals surface area contributed by atoms with Crippen LogP contribution in [0.1, 0.15) is 6.92 Å². The van der Waals surface area contributed by atoms with E-state index >= 15 is 0 Å². The lowest BCUT2D eigenvalue weighted by molar-refractivity contribution is 0.343.